The summed E-state index contributed by atoms with van der Waals surface area (Å²) in [6.07, 6.45) is 2.94. The Morgan fingerprint density at radius 3 is 1.16 bits per heavy atom. The summed E-state index contributed by atoms with van der Waals surface area (Å²) in [5.41, 5.74) is 1.08. The number of carbonyl (C=O) groups is 4. The maximum absolute atomic E-state index is 13.2. The summed E-state index contributed by atoms with van der Waals surface area (Å²) < 4.78 is 10.6. The zero-order chi connectivity index (χ0) is 22.0. The second kappa shape index (κ2) is 6.52. The van der Waals surface area contributed by atoms with Gasteiger partial charge in [0, 0.05) is 33.0 Å². The van der Waals surface area contributed by atoms with Crippen molar-refractivity contribution < 1.29 is 28.0 Å². The van der Waals surface area contributed by atoms with Gasteiger partial charge in [-0.1, -0.05) is 0 Å². The van der Waals surface area contributed by atoms with E-state index in [2.05, 4.69) is 0 Å². The van der Waals surface area contributed by atoms with Gasteiger partial charge in [-0.2, -0.15) is 0 Å². The van der Waals surface area contributed by atoms with Crippen molar-refractivity contribution in [1.29, 1.82) is 0 Å². The number of hydrogen-bond donors (Lipinski definition) is 0. The molecule has 0 radical (unpaired) electrons. The van der Waals surface area contributed by atoms with E-state index in [4.69, 9.17) is 8.83 Å². The van der Waals surface area contributed by atoms with Crippen molar-refractivity contribution >= 4 is 34.4 Å². The van der Waals surface area contributed by atoms with Crippen LogP contribution < -0.4 is 0 Å². The Bertz CT molecular complexity index is 1270. The third-order valence-corrected chi connectivity index (χ3v) is 5.85. The van der Waals surface area contributed by atoms with Gasteiger partial charge in [0.25, 0.3) is 23.6 Å². The summed E-state index contributed by atoms with van der Waals surface area (Å²) in [7, 11) is 0. The van der Waals surface area contributed by atoms with Gasteiger partial charge < -0.3 is 8.83 Å². The summed E-state index contributed by atoms with van der Waals surface area (Å²) >= 11 is 0. The molecule has 6 rings (SSSR count). The van der Waals surface area contributed by atoms with Gasteiger partial charge in [0.2, 0.25) is 0 Å². The van der Waals surface area contributed by atoms with Crippen molar-refractivity contribution in [2.45, 2.75) is 13.1 Å². The van der Waals surface area contributed by atoms with E-state index in [0.29, 0.717) is 22.3 Å². The van der Waals surface area contributed by atoms with Gasteiger partial charge in [0.1, 0.15) is 11.5 Å². The third-order valence-electron chi connectivity index (χ3n) is 5.85. The van der Waals surface area contributed by atoms with Crippen molar-refractivity contribution in [3.05, 3.63) is 94.8 Å². The Balaban J connectivity index is 1.49. The van der Waals surface area contributed by atoms with E-state index in [1.807, 2.05) is 0 Å². The van der Waals surface area contributed by atoms with Crippen LogP contribution in [0.2, 0.25) is 0 Å². The molecule has 8 heteroatoms. The molecule has 4 aromatic rings. The summed E-state index contributed by atoms with van der Waals surface area (Å²) in [6.45, 7) is -0.0201. The molecule has 0 saturated carbocycles. The van der Waals surface area contributed by atoms with E-state index in [0.717, 1.165) is 9.80 Å². The number of benzene rings is 2. The van der Waals surface area contributed by atoms with Gasteiger partial charge >= 0.3 is 0 Å². The molecule has 0 saturated heterocycles. The SMILES string of the molecule is O=C1c2ccc3c4c(ccc(c24)C(=O)N1Cc1ccco1)C(=O)N(Cc1ccco1)C3=O. The molecule has 0 bridgehead atoms. The minimum atomic E-state index is -0.500. The summed E-state index contributed by atoms with van der Waals surface area (Å²) in [5.74, 6) is -1.05. The Morgan fingerprint density at radius 2 is 0.875 bits per heavy atom. The molecule has 2 aliphatic rings. The van der Waals surface area contributed by atoms with Gasteiger partial charge in [-0.15, -0.1) is 0 Å². The predicted molar refractivity (Wildman–Crippen MR) is 110 cm³/mol. The highest BCUT2D eigenvalue weighted by Crippen LogP contribution is 2.38. The lowest BCUT2D eigenvalue weighted by Gasteiger charge is -2.31. The molecule has 0 fully saturated rings. The molecular formula is C24H14N2O6. The first-order chi connectivity index (χ1) is 15.5. The molecule has 2 aliphatic heterocycles. The lowest BCUT2D eigenvalue weighted by molar-refractivity contribution is 0.0566. The minimum absolute atomic E-state index is 0.0100. The van der Waals surface area contributed by atoms with Crippen LogP contribution in [0.15, 0.2) is 69.9 Å². The van der Waals surface area contributed by atoms with Gasteiger partial charge in [0.05, 0.1) is 25.6 Å². The van der Waals surface area contributed by atoms with Gasteiger partial charge in [-0.25, -0.2) is 0 Å². The minimum Gasteiger partial charge on any atom is -0.467 e. The Hall–Kier alpha value is -4.46. The number of rotatable bonds is 4. The average Bonchev–Trinajstić information content (AvgIpc) is 3.50. The highest BCUT2D eigenvalue weighted by Gasteiger charge is 2.40. The first-order valence-electron chi connectivity index (χ1n) is 9.91. The lowest BCUT2D eigenvalue weighted by atomic mass is 9.86. The maximum atomic E-state index is 13.2. The van der Waals surface area contributed by atoms with Crippen molar-refractivity contribution in [3.8, 4) is 0 Å². The molecule has 32 heavy (non-hydrogen) atoms. The number of imide groups is 2. The molecule has 2 aromatic heterocycles. The van der Waals surface area contributed by atoms with Crippen LogP contribution in [0.25, 0.3) is 10.8 Å². The smallest absolute Gasteiger partial charge is 0.261 e. The highest BCUT2D eigenvalue weighted by atomic mass is 16.3. The van der Waals surface area contributed by atoms with Crippen molar-refractivity contribution in [2.75, 3.05) is 0 Å². The summed E-state index contributed by atoms with van der Waals surface area (Å²) in [4.78, 5) is 54.9. The predicted octanol–water partition coefficient (Wildman–Crippen LogP) is 3.62. The standard InChI is InChI=1S/C24H14N2O6/c27-21-15-5-7-17-20-18(24(30)26(23(17)29)12-14-4-2-10-32-14)8-6-16(19(15)20)22(28)25(21)11-13-3-1-9-31-13/h1-10H,11-12H2. The van der Waals surface area contributed by atoms with Crippen LogP contribution in [0.1, 0.15) is 53.0 Å². The van der Waals surface area contributed by atoms with E-state index in [1.54, 1.807) is 24.3 Å². The number of carbonyl (C=O) groups excluding carboxylic acids is 4. The largest absolute Gasteiger partial charge is 0.467 e. The van der Waals surface area contributed by atoms with E-state index in [9.17, 15) is 19.2 Å². The second-order valence-corrected chi connectivity index (χ2v) is 7.62. The second-order valence-electron chi connectivity index (χ2n) is 7.62. The summed E-state index contributed by atoms with van der Waals surface area (Å²) in [5, 5.41) is 0.676. The third kappa shape index (κ3) is 2.43. The molecule has 2 aromatic carbocycles. The van der Waals surface area contributed by atoms with Crippen LogP contribution in [0.4, 0.5) is 0 Å². The summed E-state index contributed by atoms with van der Waals surface area (Å²) in [6, 6.07) is 12.9. The fraction of sp³-hybridized carbons (Fsp3) is 0.0833. The number of furan rings is 2. The average molecular weight is 426 g/mol. The van der Waals surface area contributed by atoms with Crippen LogP contribution in [0, 0.1) is 0 Å². The Labute approximate surface area is 180 Å². The lowest BCUT2D eigenvalue weighted by Crippen LogP contribution is -2.42. The van der Waals surface area contributed by atoms with Crippen molar-refractivity contribution in [3.63, 3.8) is 0 Å². The Kier molecular flexibility index (Phi) is 3.73. The zero-order valence-corrected chi connectivity index (χ0v) is 16.5. The number of amides is 4. The molecule has 4 amide bonds. The fourth-order valence-electron chi connectivity index (χ4n) is 4.38. The molecule has 0 N–H and O–H groups in total. The molecule has 0 aliphatic carbocycles. The molecule has 0 spiro atoms. The molecule has 156 valence electrons. The first kappa shape index (κ1) is 18.3. The van der Waals surface area contributed by atoms with Crippen LogP contribution in [-0.4, -0.2) is 33.4 Å². The van der Waals surface area contributed by atoms with Crippen LogP contribution in [-0.2, 0) is 13.1 Å². The van der Waals surface area contributed by atoms with E-state index >= 15 is 0 Å². The van der Waals surface area contributed by atoms with Crippen LogP contribution in [0.3, 0.4) is 0 Å². The van der Waals surface area contributed by atoms with Gasteiger partial charge in [0.15, 0.2) is 0 Å². The van der Waals surface area contributed by atoms with Gasteiger partial charge in [-0.05, 0) is 48.5 Å². The van der Waals surface area contributed by atoms with Crippen LogP contribution in [0.5, 0.6) is 0 Å². The van der Waals surface area contributed by atoms with E-state index in [1.165, 1.54) is 36.8 Å². The van der Waals surface area contributed by atoms with Crippen molar-refractivity contribution in [1.82, 2.24) is 9.80 Å². The van der Waals surface area contributed by atoms with E-state index in [-0.39, 0.29) is 35.3 Å². The fourth-order valence-corrected chi connectivity index (χ4v) is 4.38. The Morgan fingerprint density at radius 1 is 0.531 bits per heavy atom. The van der Waals surface area contributed by atoms with E-state index < -0.39 is 23.6 Å². The highest BCUT2D eigenvalue weighted by molar-refractivity contribution is 6.33. The normalized spacial score (nSPS) is 15.2. The first-order valence-corrected chi connectivity index (χ1v) is 9.91. The quantitative estimate of drug-likeness (QED) is 0.462. The van der Waals surface area contributed by atoms with Gasteiger partial charge in [-0.3, -0.25) is 29.0 Å². The molecular weight excluding hydrogens is 412 g/mol. The monoisotopic (exact) mass is 426 g/mol. The van der Waals surface area contributed by atoms with Crippen molar-refractivity contribution in [2.24, 2.45) is 0 Å². The molecule has 0 unspecified atom stereocenters. The number of hydrogen-bond acceptors (Lipinski definition) is 6. The molecule has 8 nitrogen and oxygen atoms in total. The molecule has 4 heterocycles. The molecule has 0 atom stereocenters. The zero-order valence-electron chi connectivity index (χ0n) is 16.5. The topological polar surface area (TPSA) is 101 Å². The van der Waals surface area contributed by atoms with Crippen LogP contribution >= 0.6 is 0 Å². The number of nitrogens with zero attached hydrogens (tertiary/aromatic N) is 2. The maximum Gasteiger partial charge on any atom is 0.261 e.